The lowest BCUT2D eigenvalue weighted by Gasteiger charge is -2.26. The van der Waals surface area contributed by atoms with Gasteiger partial charge in [0.15, 0.2) is 5.54 Å². The summed E-state index contributed by atoms with van der Waals surface area (Å²) in [6.07, 6.45) is 2.05. The molecule has 14 heavy (non-hydrogen) atoms. The Morgan fingerprint density at radius 3 is 2.71 bits per heavy atom. The first-order chi connectivity index (χ1) is 6.67. The molecule has 1 aromatic heterocycles. The van der Waals surface area contributed by atoms with Crippen molar-refractivity contribution in [2.45, 2.75) is 18.9 Å². The summed E-state index contributed by atoms with van der Waals surface area (Å²) >= 11 is 0. The summed E-state index contributed by atoms with van der Waals surface area (Å²) in [7, 11) is 1.63. The van der Waals surface area contributed by atoms with Crippen molar-refractivity contribution < 1.29 is 9.90 Å². The van der Waals surface area contributed by atoms with Crippen molar-refractivity contribution >= 4 is 5.97 Å². The van der Waals surface area contributed by atoms with Gasteiger partial charge in [0, 0.05) is 6.20 Å². The predicted octanol–water partition coefficient (Wildman–Crippen LogP) is 0.991. The smallest absolute Gasteiger partial charge is 0.330 e. The molecule has 0 bridgehead atoms. The molecule has 0 fully saturated rings. The van der Waals surface area contributed by atoms with E-state index >= 15 is 0 Å². The summed E-state index contributed by atoms with van der Waals surface area (Å²) in [5, 5.41) is 12.0. The van der Waals surface area contributed by atoms with Crippen molar-refractivity contribution in [3.8, 4) is 0 Å². The van der Waals surface area contributed by atoms with Gasteiger partial charge in [-0.2, -0.15) is 0 Å². The Kier molecular flexibility index (Phi) is 3.19. The number of nitrogens with one attached hydrogen (secondary N) is 1. The molecule has 0 spiro atoms. The normalized spacial score (nSPS) is 14.7. The van der Waals surface area contributed by atoms with Crippen LogP contribution < -0.4 is 5.32 Å². The maximum atomic E-state index is 11.2. The van der Waals surface area contributed by atoms with Gasteiger partial charge in [-0.15, -0.1) is 0 Å². The molecule has 0 aliphatic carbocycles. The molecule has 2 N–H and O–H groups in total. The Balaban J connectivity index is 3.18. The third kappa shape index (κ3) is 1.61. The lowest BCUT2D eigenvalue weighted by atomic mass is 9.92. The van der Waals surface area contributed by atoms with Crippen molar-refractivity contribution in [3.63, 3.8) is 0 Å². The maximum Gasteiger partial charge on any atom is 0.330 e. The SMILES string of the molecule is CCC(NC)(C(=O)O)c1ccccn1. The molecule has 76 valence electrons. The second kappa shape index (κ2) is 4.19. The second-order valence-electron chi connectivity index (χ2n) is 3.03. The Morgan fingerprint density at radius 2 is 2.36 bits per heavy atom. The number of likely N-dealkylation sites (N-methyl/N-ethyl adjacent to an activating group) is 1. The van der Waals surface area contributed by atoms with Crippen LogP contribution >= 0.6 is 0 Å². The number of carboxylic acid groups (broad SMARTS) is 1. The lowest BCUT2D eigenvalue weighted by molar-refractivity contribution is -0.145. The summed E-state index contributed by atoms with van der Waals surface area (Å²) in [6, 6.07) is 5.27. The third-order valence-electron chi connectivity index (χ3n) is 2.42. The Bertz CT molecular complexity index is 307. The van der Waals surface area contributed by atoms with Crippen LogP contribution in [0.3, 0.4) is 0 Å². The topological polar surface area (TPSA) is 62.2 Å². The van der Waals surface area contributed by atoms with E-state index in [4.69, 9.17) is 0 Å². The van der Waals surface area contributed by atoms with E-state index in [0.29, 0.717) is 12.1 Å². The highest BCUT2D eigenvalue weighted by Gasteiger charge is 2.38. The van der Waals surface area contributed by atoms with Crippen molar-refractivity contribution in [2.75, 3.05) is 7.05 Å². The summed E-state index contributed by atoms with van der Waals surface area (Å²) in [4.78, 5) is 15.3. The van der Waals surface area contributed by atoms with E-state index in [-0.39, 0.29) is 0 Å². The molecule has 4 heteroatoms. The van der Waals surface area contributed by atoms with Crippen LogP contribution in [0.25, 0.3) is 0 Å². The monoisotopic (exact) mass is 194 g/mol. The van der Waals surface area contributed by atoms with Gasteiger partial charge >= 0.3 is 5.97 Å². The molecule has 1 rings (SSSR count). The van der Waals surface area contributed by atoms with Crippen LogP contribution in [0.5, 0.6) is 0 Å². The molecule has 1 aromatic rings. The molecule has 0 aliphatic heterocycles. The van der Waals surface area contributed by atoms with Gasteiger partial charge < -0.3 is 5.11 Å². The molecule has 0 aliphatic rings. The predicted molar refractivity (Wildman–Crippen MR) is 52.9 cm³/mol. The number of rotatable bonds is 4. The minimum Gasteiger partial charge on any atom is -0.480 e. The number of carbonyl (C=O) groups is 1. The Labute approximate surface area is 83.0 Å². The van der Waals surface area contributed by atoms with E-state index in [1.165, 1.54) is 0 Å². The summed E-state index contributed by atoms with van der Waals surface area (Å²) < 4.78 is 0. The molecule has 1 unspecified atom stereocenters. The molecule has 0 amide bonds. The van der Waals surface area contributed by atoms with Gasteiger partial charge in [-0.05, 0) is 25.6 Å². The minimum atomic E-state index is -1.07. The first-order valence-corrected chi connectivity index (χ1v) is 4.51. The van der Waals surface area contributed by atoms with Gasteiger partial charge in [-0.3, -0.25) is 10.3 Å². The van der Waals surface area contributed by atoms with Crippen molar-refractivity contribution in [1.82, 2.24) is 10.3 Å². The van der Waals surface area contributed by atoms with Crippen LogP contribution in [0.2, 0.25) is 0 Å². The van der Waals surface area contributed by atoms with E-state index in [1.807, 2.05) is 6.92 Å². The maximum absolute atomic E-state index is 11.2. The van der Waals surface area contributed by atoms with Crippen molar-refractivity contribution in [1.29, 1.82) is 0 Å². The van der Waals surface area contributed by atoms with Crippen LogP contribution in [0.4, 0.5) is 0 Å². The molecule has 0 aromatic carbocycles. The zero-order valence-corrected chi connectivity index (χ0v) is 8.32. The van der Waals surface area contributed by atoms with E-state index in [0.717, 1.165) is 0 Å². The molecular weight excluding hydrogens is 180 g/mol. The number of aromatic nitrogens is 1. The first-order valence-electron chi connectivity index (χ1n) is 4.51. The number of hydrogen-bond acceptors (Lipinski definition) is 3. The van der Waals surface area contributed by atoms with Gasteiger partial charge in [0.25, 0.3) is 0 Å². The molecule has 1 heterocycles. The highest BCUT2D eigenvalue weighted by atomic mass is 16.4. The largest absolute Gasteiger partial charge is 0.480 e. The van der Waals surface area contributed by atoms with Crippen LogP contribution in [0.1, 0.15) is 19.0 Å². The van der Waals surface area contributed by atoms with Crippen molar-refractivity contribution in [3.05, 3.63) is 30.1 Å². The Morgan fingerprint density at radius 1 is 1.64 bits per heavy atom. The van der Waals surface area contributed by atoms with Gasteiger partial charge in [-0.1, -0.05) is 13.0 Å². The van der Waals surface area contributed by atoms with E-state index < -0.39 is 11.5 Å². The molecule has 0 radical (unpaired) electrons. The zero-order chi connectivity index (χ0) is 10.6. The Hall–Kier alpha value is -1.42. The highest BCUT2D eigenvalue weighted by molar-refractivity contribution is 5.80. The van der Waals surface area contributed by atoms with Gasteiger partial charge in [0.1, 0.15) is 0 Å². The van der Waals surface area contributed by atoms with Crippen LogP contribution in [-0.4, -0.2) is 23.1 Å². The fourth-order valence-corrected chi connectivity index (χ4v) is 1.47. The first kappa shape index (κ1) is 10.7. The number of aliphatic carboxylic acids is 1. The molecular formula is C10H14N2O2. The average molecular weight is 194 g/mol. The fraction of sp³-hybridized carbons (Fsp3) is 0.400. The van der Waals surface area contributed by atoms with Gasteiger partial charge in [0.2, 0.25) is 0 Å². The molecule has 1 atom stereocenters. The second-order valence-corrected chi connectivity index (χ2v) is 3.03. The fourth-order valence-electron chi connectivity index (χ4n) is 1.47. The van der Waals surface area contributed by atoms with E-state index in [9.17, 15) is 9.90 Å². The molecule has 4 nitrogen and oxygen atoms in total. The van der Waals surface area contributed by atoms with E-state index in [2.05, 4.69) is 10.3 Å². The lowest BCUT2D eigenvalue weighted by Crippen LogP contribution is -2.47. The number of carboxylic acids is 1. The molecule has 0 saturated heterocycles. The van der Waals surface area contributed by atoms with Crippen molar-refractivity contribution in [2.24, 2.45) is 0 Å². The molecule has 0 saturated carbocycles. The number of nitrogens with zero attached hydrogens (tertiary/aromatic N) is 1. The quantitative estimate of drug-likeness (QED) is 0.750. The number of pyridine rings is 1. The average Bonchev–Trinajstić information content (AvgIpc) is 2.22. The van der Waals surface area contributed by atoms with E-state index in [1.54, 1.807) is 31.4 Å². The highest BCUT2D eigenvalue weighted by Crippen LogP contribution is 2.22. The van der Waals surface area contributed by atoms with Crippen LogP contribution in [0.15, 0.2) is 24.4 Å². The van der Waals surface area contributed by atoms with Gasteiger partial charge in [-0.25, -0.2) is 4.79 Å². The van der Waals surface area contributed by atoms with Crippen LogP contribution in [-0.2, 0) is 10.3 Å². The summed E-state index contributed by atoms with van der Waals surface area (Å²) in [5.74, 6) is -0.902. The summed E-state index contributed by atoms with van der Waals surface area (Å²) in [5.41, 5.74) is -0.529. The summed E-state index contributed by atoms with van der Waals surface area (Å²) in [6.45, 7) is 1.82. The van der Waals surface area contributed by atoms with Crippen LogP contribution in [0, 0.1) is 0 Å². The van der Waals surface area contributed by atoms with Gasteiger partial charge in [0.05, 0.1) is 5.69 Å². The minimum absolute atomic E-state index is 0.454. The third-order valence-corrected chi connectivity index (χ3v) is 2.42. The standard InChI is InChI=1S/C10H14N2O2/c1-3-10(11-2,9(13)14)8-6-4-5-7-12-8/h4-7,11H,3H2,1-2H3,(H,13,14). The number of hydrogen-bond donors (Lipinski definition) is 2. The zero-order valence-electron chi connectivity index (χ0n) is 8.32.